The first kappa shape index (κ1) is 15.6. The van der Waals surface area contributed by atoms with Crippen LogP contribution in [0.3, 0.4) is 0 Å². The van der Waals surface area contributed by atoms with E-state index in [0.717, 1.165) is 5.56 Å². The Morgan fingerprint density at radius 3 is 2.65 bits per heavy atom. The van der Waals surface area contributed by atoms with Crippen LogP contribution in [-0.2, 0) is 13.2 Å². The summed E-state index contributed by atoms with van der Waals surface area (Å²) in [5, 5.41) is 5.00. The summed E-state index contributed by atoms with van der Waals surface area (Å²) in [5.41, 5.74) is 0.955. The molecule has 3 rings (SSSR count). The van der Waals surface area contributed by atoms with Crippen LogP contribution < -0.4 is 10.5 Å². The van der Waals surface area contributed by atoms with Crippen LogP contribution in [0.15, 0.2) is 57.7 Å². The fourth-order valence-corrected chi connectivity index (χ4v) is 2.46. The van der Waals surface area contributed by atoms with Crippen molar-refractivity contribution in [3.8, 4) is 5.75 Å². The van der Waals surface area contributed by atoms with Crippen LogP contribution in [0.2, 0.25) is 10.0 Å². The smallest absolute Gasteiger partial charge is 0.437 e. The summed E-state index contributed by atoms with van der Waals surface area (Å²) in [7, 11) is 0. The molecule has 0 aliphatic carbocycles. The predicted molar refractivity (Wildman–Crippen MR) is 87.1 cm³/mol. The maximum atomic E-state index is 11.8. The van der Waals surface area contributed by atoms with Gasteiger partial charge in [-0.25, -0.2) is 4.79 Å². The molecular formula is C16H12Cl2N2O3. The molecule has 0 spiro atoms. The van der Waals surface area contributed by atoms with Crippen molar-refractivity contribution in [1.29, 1.82) is 0 Å². The molecule has 5 nitrogen and oxygen atoms in total. The van der Waals surface area contributed by atoms with Crippen LogP contribution >= 0.6 is 23.2 Å². The molecule has 0 aliphatic rings. The molecule has 0 atom stereocenters. The molecular weight excluding hydrogens is 339 g/mol. The van der Waals surface area contributed by atoms with E-state index < -0.39 is 5.76 Å². The van der Waals surface area contributed by atoms with E-state index >= 15 is 0 Å². The van der Waals surface area contributed by atoms with Crippen molar-refractivity contribution < 1.29 is 9.15 Å². The second-order valence-electron chi connectivity index (χ2n) is 4.77. The molecule has 0 radical (unpaired) electrons. The zero-order valence-electron chi connectivity index (χ0n) is 11.9. The normalized spacial score (nSPS) is 10.7. The van der Waals surface area contributed by atoms with E-state index in [0.29, 0.717) is 22.3 Å². The minimum absolute atomic E-state index is 0.00161. The highest BCUT2D eigenvalue weighted by Gasteiger charge is 2.10. The van der Waals surface area contributed by atoms with E-state index in [-0.39, 0.29) is 12.5 Å². The van der Waals surface area contributed by atoms with Gasteiger partial charge >= 0.3 is 5.76 Å². The van der Waals surface area contributed by atoms with Crippen molar-refractivity contribution in [2.45, 2.75) is 13.2 Å². The van der Waals surface area contributed by atoms with Gasteiger partial charge in [0.15, 0.2) is 6.61 Å². The molecule has 0 saturated carbocycles. The van der Waals surface area contributed by atoms with E-state index in [1.54, 1.807) is 18.2 Å². The van der Waals surface area contributed by atoms with Gasteiger partial charge in [0.1, 0.15) is 5.75 Å². The largest absolute Gasteiger partial charge is 0.482 e. The van der Waals surface area contributed by atoms with Gasteiger partial charge in [-0.3, -0.25) is 0 Å². The Labute approximate surface area is 142 Å². The molecule has 0 amide bonds. The maximum Gasteiger partial charge on any atom is 0.437 e. The number of hydrogen-bond acceptors (Lipinski definition) is 4. The number of aromatic nitrogens is 2. The summed E-state index contributed by atoms with van der Waals surface area (Å²) in [6, 6.07) is 14.4. The minimum Gasteiger partial charge on any atom is -0.482 e. The first-order valence-corrected chi connectivity index (χ1v) is 7.56. The number of ether oxygens (including phenoxy) is 1. The van der Waals surface area contributed by atoms with E-state index in [2.05, 4.69) is 5.10 Å². The van der Waals surface area contributed by atoms with Crippen LogP contribution in [-0.4, -0.2) is 9.78 Å². The van der Waals surface area contributed by atoms with Crippen molar-refractivity contribution in [2.24, 2.45) is 0 Å². The van der Waals surface area contributed by atoms with Gasteiger partial charge in [-0.2, -0.15) is 4.68 Å². The van der Waals surface area contributed by atoms with Gasteiger partial charge in [-0.05, 0) is 23.8 Å². The van der Waals surface area contributed by atoms with Crippen LogP contribution in [0.1, 0.15) is 11.5 Å². The Kier molecular flexibility index (Phi) is 4.69. The second kappa shape index (κ2) is 6.89. The topological polar surface area (TPSA) is 57.3 Å². The monoisotopic (exact) mass is 350 g/mol. The molecule has 1 aromatic heterocycles. The van der Waals surface area contributed by atoms with Gasteiger partial charge in [-0.1, -0.05) is 53.5 Å². The van der Waals surface area contributed by atoms with E-state index in [4.69, 9.17) is 32.4 Å². The number of hydrogen-bond donors (Lipinski definition) is 0. The summed E-state index contributed by atoms with van der Waals surface area (Å²) in [6.07, 6.45) is 0. The second-order valence-corrected chi connectivity index (χ2v) is 5.61. The summed E-state index contributed by atoms with van der Waals surface area (Å²) < 4.78 is 11.8. The summed E-state index contributed by atoms with van der Waals surface area (Å²) in [6.45, 7) is 0.337. The third kappa shape index (κ3) is 3.94. The Morgan fingerprint density at radius 2 is 1.91 bits per heavy atom. The standard InChI is InChI=1S/C16H12Cl2N2O3/c17-12-6-7-14(13(18)8-12)22-10-15-19-20(16(21)23-15)9-11-4-2-1-3-5-11/h1-8H,9-10H2. The van der Waals surface area contributed by atoms with Gasteiger partial charge in [0, 0.05) is 5.02 Å². The highest BCUT2D eigenvalue weighted by atomic mass is 35.5. The van der Waals surface area contributed by atoms with Gasteiger partial charge in [0.25, 0.3) is 5.89 Å². The molecule has 3 aromatic rings. The average molecular weight is 351 g/mol. The molecule has 0 saturated heterocycles. The van der Waals surface area contributed by atoms with Gasteiger partial charge < -0.3 is 9.15 Å². The number of rotatable bonds is 5. The lowest BCUT2D eigenvalue weighted by atomic mass is 10.2. The van der Waals surface area contributed by atoms with Crippen molar-refractivity contribution in [1.82, 2.24) is 9.78 Å². The van der Waals surface area contributed by atoms with Crippen molar-refractivity contribution in [3.63, 3.8) is 0 Å². The molecule has 23 heavy (non-hydrogen) atoms. The van der Waals surface area contributed by atoms with Crippen LogP contribution in [0.25, 0.3) is 0 Å². The number of benzene rings is 2. The van der Waals surface area contributed by atoms with Crippen molar-refractivity contribution in [2.75, 3.05) is 0 Å². The SMILES string of the molecule is O=c1oc(COc2ccc(Cl)cc2Cl)nn1Cc1ccccc1. The number of halogens is 2. The Morgan fingerprint density at radius 1 is 1.13 bits per heavy atom. The highest BCUT2D eigenvalue weighted by Crippen LogP contribution is 2.27. The first-order chi connectivity index (χ1) is 11.1. The predicted octanol–water partition coefficient (Wildman–Crippen LogP) is 3.77. The summed E-state index contributed by atoms with van der Waals surface area (Å²) >= 11 is 11.8. The molecule has 0 N–H and O–H groups in total. The average Bonchev–Trinajstić information content (AvgIpc) is 2.87. The van der Waals surface area contributed by atoms with Crippen molar-refractivity contribution in [3.05, 3.63) is 80.6 Å². The zero-order valence-corrected chi connectivity index (χ0v) is 13.4. The third-order valence-electron chi connectivity index (χ3n) is 3.07. The van der Waals surface area contributed by atoms with Crippen molar-refractivity contribution >= 4 is 23.2 Å². The number of nitrogens with zero attached hydrogens (tertiary/aromatic N) is 2. The van der Waals surface area contributed by atoms with Gasteiger partial charge in [-0.15, -0.1) is 5.10 Å². The van der Waals surface area contributed by atoms with Crippen LogP contribution in [0.4, 0.5) is 0 Å². The Balaban J connectivity index is 1.70. The summed E-state index contributed by atoms with van der Waals surface area (Å²) in [5.74, 6) is 0.0860. The quantitative estimate of drug-likeness (QED) is 0.702. The molecule has 0 bridgehead atoms. The molecule has 1 heterocycles. The molecule has 7 heteroatoms. The van der Waals surface area contributed by atoms with Gasteiger partial charge in [0.2, 0.25) is 0 Å². The maximum absolute atomic E-state index is 11.8. The van der Waals surface area contributed by atoms with Gasteiger partial charge in [0.05, 0.1) is 11.6 Å². The lowest BCUT2D eigenvalue weighted by molar-refractivity contribution is 0.259. The first-order valence-electron chi connectivity index (χ1n) is 6.80. The molecule has 118 valence electrons. The fraction of sp³-hybridized carbons (Fsp3) is 0.125. The molecule has 2 aromatic carbocycles. The Hall–Kier alpha value is -2.24. The zero-order chi connectivity index (χ0) is 16.2. The van der Waals surface area contributed by atoms with Crippen LogP contribution in [0.5, 0.6) is 5.75 Å². The highest BCUT2D eigenvalue weighted by molar-refractivity contribution is 6.35. The Bertz CT molecular complexity index is 859. The lowest BCUT2D eigenvalue weighted by Gasteiger charge is -2.05. The molecule has 0 fully saturated rings. The fourth-order valence-electron chi connectivity index (χ4n) is 2.00. The summed E-state index contributed by atoms with van der Waals surface area (Å²) in [4.78, 5) is 11.8. The van der Waals surface area contributed by atoms with E-state index in [9.17, 15) is 4.79 Å². The molecule has 0 aliphatic heterocycles. The molecule has 0 unspecified atom stereocenters. The third-order valence-corrected chi connectivity index (χ3v) is 3.60. The van der Waals surface area contributed by atoms with E-state index in [1.807, 2.05) is 30.3 Å². The van der Waals surface area contributed by atoms with Crippen LogP contribution in [0, 0.1) is 0 Å². The lowest BCUT2D eigenvalue weighted by Crippen LogP contribution is -2.16. The van der Waals surface area contributed by atoms with E-state index in [1.165, 1.54) is 4.68 Å². The minimum atomic E-state index is -0.533.